The first-order valence-corrected chi connectivity index (χ1v) is 9.35. The maximum Gasteiger partial charge on any atom is 0.152 e. The van der Waals surface area contributed by atoms with Gasteiger partial charge in [-0.25, -0.2) is 9.67 Å². The molecule has 1 saturated heterocycles. The van der Waals surface area contributed by atoms with Crippen molar-refractivity contribution in [3.8, 4) is 5.69 Å². The second-order valence-electron chi connectivity index (χ2n) is 5.67. The Bertz CT molecular complexity index is 637. The minimum Gasteiger partial charge on any atom is -0.378 e. The quantitative estimate of drug-likeness (QED) is 0.842. The van der Waals surface area contributed by atoms with Crippen molar-refractivity contribution in [1.82, 2.24) is 14.8 Å². The SMILES string of the molecule is CSCCc1nc(C2COCCOC2)n(-c2ccccc2C)n1. The highest BCUT2D eigenvalue weighted by Crippen LogP contribution is 2.23. The second-order valence-corrected chi connectivity index (χ2v) is 6.66. The summed E-state index contributed by atoms with van der Waals surface area (Å²) in [6, 6.07) is 8.27. The van der Waals surface area contributed by atoms with Crippen molar-refractivity contribution in [3.05, 3.63) is 41.5 Å². The number of thioether (sulfide) groups is 1. The predicted molar refractivity (Wildman–Crippen MR) is 92.6 cm³/mol. The van der Waals surface area contributed by atoms with E-state index in [9.17, 15) is 0 Å². The molecule has 1 aliphatic rings. The molecule has 1 aromatic carbocycles. The van der Waals surface area contributed by atoms with Gasteiger partial charge in [0.05, 0.1) is 38.0 Å². The molecule has 6 heteroatoms. The van der Waals surface area contributed by atoms with Crippen molar-refractivity contribution >= 4 is 11.8 Å². The van der Waals surface area contributed by atoms with Gasteiger partial charge in [-0.05, 0) is 24.8 Å². The number of para-hydroxylation sites is 1. The number of hydrogen-bond donors (Lipinski definition) is 0. The van der Waals surface area contributed by atoms with Crippen molar-refractivity contribution in [2.24, 2.45) is 0 Å². The van der Waals surface area contributed by atoms with Gasteiger partial charge in [0.2, 0.25) is 0 Å². The first-order valence-electron chi connectivity index (χ1n) is 7.96. The maximum atomic E-state index is 5.66. The van der Waals surface area contributed by atoms with Gasteiger partial charge in [-0.1, -0.05) is 18.2 Å². The van der Waals surface area contributed by atoms with E-state index in [4.69, 9.17) is 19.6 Å². The summed E-state index contributed by atoms with van der Waals surface area (Å²) in [5.74, 6) is 2.97. The fourth-order valence-corrected chi connectivity index (χ4v) is 3.06. The first-order chi connectivity index (χ1) is 11.3. The summed E-state index contributed by atoms with van der Waals surface area (Å²) in [4.78, 5) is 4.81. The largest absolute Gasteiger partial charge is 0.378 e. The number of aryl methyl sites for hydroxylation is 2. The van der Waals surface area contributed by atoms with Crippen LogP contribution in [-0.4, -0.2) is 53.2 Å². The molecule has 2 heterocycles. The Hall–Kier alpha value is -1.37. The van der Waals surface area contributed by atoms with Crippen LogP contribution < -0.4 is 0 Å². The molecule has 0 saturated carbocycles. The van der Waals surface area contributed by atoms with Crippen LogP contribution in [0.25, 0.3) is 5.69 Å². The molecule has 0 unspecified atom stereocenters. The van der Waals surface area contributed by atoms with Gasteiger partial charge in [0.1, 0.15) is 5.82 Å². The number of ether oxygens (including phenoxy) is 2. The molecule has 2 aromatic rings. The standard InChI is InChI=1S/C17H23N3O2S/c1-13-5-3-4-6-15(13)20-17(14-11-21-8-9-22-12-14)18-16(19-20)7-10-23-2/h3-6,14H,7-12H2,1-2H3. The van der Waals surface area contributed by atoms with Crippen molar-refractivity contribution in [2.75, 3.05) is 38.4 Å². The van der Waals surface area contributed by atoms with E-state index < -0.39 is 0 Å². The lowest BCUT2D eigenvalue weighted by Crippen LogP contribution is -2.16. The molecule has 23 heavy (non-hydrogen) atoms. The van der Waals surface area contributed by atoms with E-state index in [0.717, 1.165) is 29.5 Å². The molecule has 5 nitrogen and oxygen atoms in total. The molecule has 0 aliphatic carbocycles. The smallest absolute Gasteiger partial charge is 0.152 e. The lowest BCUT2D eigenvalue weighted by molar-refractivity contribution is 0.103. The molecule has 1 aromatic heterocycles. The second kappa shape index (κ2) is 7.95. The molecule has 0 N–H and O–H groups in total. The van der Waals surface area contributed by atoms with Gasteiger partial charge in [0.15, 0.2) is 5.82 Å². The molecular weight excluding hydrogens is 310 g/mol. The van der Waals surface area contributed by atoms with E-state index >= 15 is 0 Å². The molecule has 1 aliphatic heterocycles. The van der Waals surface area contributed by atoms with E-state index in [0.29, 0.717) is 26.4 Å². The van der Waals surface area contributed by atoms with E-state index in [1.807, 2.05) is 28.6 Å². The minimum atomic E-state index is 0.118. The highest BCUT2D eigenvalue weighted by Gasteiger charge is 2.24. The highest BCUT2D eigenvalue weighted by molar-refractivity contribution is 7.98. The Labute approximate surface area is 141 Å². The third kappa shape index (κ3) is 3.94. The van der Waals surface area contributed by atoms with Gasteiger partial charge in [0.25, 0.3) is 0 Å². The number of nitrogens with zero attached hydrogens (tertiary/aromatic N) is 3. The van der Waals surface area contributed by atoms with Gasteiger partial charge >= 0.3 is 0 Å². The van der Waals surface area contributed by atoms with Crippen molar-refractivity contribution in [1.29, 1.82) is 0 Å². The third-order valence-electron chi connectivity index (χ3n) is 3.92. The summed E-state index contributed by atoms with van der Waals surface area (Å²) in [7, 11) is 0. The van der Waals surface area contributed by atoms with Gasteiger partial charge in [-0.3, -0.25) is 0 Å². The summed E-state index contributed by atoms with van der Waals surface area (Å²) in [6.45, 7) is 4.66. The topological polar surface area (TPSA) is 49.2 Å². The summed E-state index contributed by atoms with van der Waals surface area (Å²) in [5.41, 5.74) is 2.26. The Morgan fingerprint density at radius 3 is 2.65 bits per heavy atom. The third-order valence-corrected chi connectivity index (χ3v) is 4.54. The number of hydrogen-bond acceptors (Lipinski definition) is 5. The number of aromatic nitrogens is 3. The Kier molecular flexibility index (Phi) is 5.70. The van der Waals surface area contributed by atoms with Gasteiger partial charge in [-0.2, -0.15) is 16.9 Å². The summed E-state index contributed by atoms with van der Waals surface area (Å²) < 4.78 is 13.3. The van der Waals surface area contributed by atoms with Gasteiger partial charge in [-0.15, -0.1) is 0 Å². The fourth-order valence-electron chi connectivity index (χ4n) is 2.68. The van der Waals surface area contributed by atoms with Gasteiger partial charge in [0, 0.05) is 12.2 Å². The van der Waals surface area contributed by atoms with Crippen LogP contribution in [-0.2, 0) is 15.9 Å². The van der Waals surface area contributed by atoms with Crippen LogP contribution in [0.4, 0.5) is 0 Å². The lowest BCUT2D eigenvalue weighted by atomic mass is 10.1. The van der Waals surface area contributed by atoms with Crippen LogP contribution >= 0.6 is 11.8 Å². The van der Waals surface area contributed by atoms with E-state index in [2.05, 4.69) is 25.3 Å². The van der Waals surface area contributed by atoms with Crippen molar-refractivity contribution in [2.45, 2.75) is 19.3 Å². The lowest BCUT2D eigenvalue weighted by Gasteiger charge is -2.15. The maximum absolute atomic E-state index is 5.66. The average Bonchev–Trinajstić information content (AvgIpc) is 2.79. The van der Waals surface area contributed by atoms with Crippen molar-refractivity contribution in [3.63, 3.8) is 0 Å². The zero-order valence-electron chi connectivity index (χ0n) is 13.7. The summed E-state index contributed by atoms with van der Waals surface area (Å²) >= 11 is 1.81. The van der Waals surface area contributed by atoms with Crippen LogP contribution in [0.1, 0.15) is 23.1 Å². The molecule has 0 spiro atoms. The van der Waals surface area contributed by atoms with E-state index in [-0.39, 0.29) is 5.92 Å². The molecule has 124 valence electrons. The van der Waals surface area contributed by atoms with Crippen LogP contribution in [0.2, 0.25) is 0 Å². The zero-order chi connectivity index (χ0) is 16.1. The monoisotopic (exact) mass is 333 g/mol. The molecular formula is C17H23N3O2S. The molecule has 0 bridgehead atoms. The molecule has 0 atom stereocenters. The molecule has 3 rings (SSSR count). The number of rotatable bonds is 5. The summed E-state index contributed by atoms with van der Waals surface area (Å²) in [6.07, 6.45) is 2.98. The van der Waals surface area contributed by atoms with Gasteiger partial charge < -0.3 is 9.47 Å². The number of benzene rings is 1. The Morgan fingerprint density at radius 2 is 1.96 bits per heavy atom. The summed E-state index contributed by atoms with van der Waals surface area (Å²) in [5, 5.41) is 4.77. The van der Waals surface area contributed by atoms with Crippen LogP contribution in [0, 0.1) is 6.92 Å². The molecule has 1 fully saturated rings. The first kappa shape index (κ1) is 16.5. The average molecular weight is 333 g/mol. The molecule has 0 radical (unpaired) electrons. The fraction of sp³-hybridized carbons (Fsp3) is 0.529. The Morgan fingerprint density at radius 1 is 1.22 bits per heavy atom. The Balaban J connectivity index is 1.98. The van der Waals surface area contributed by atoms with Crippen molar-refractivity contribution < 1.29 is 9.47 Å². The van der Waals surface area contributed by atoms with E-state index in [1.54, 1.807) is 0 Å². The van der Waals surface area contributed by atoms with Crippen LogP contribution in [0.5, 0.6) is 0 Å². The minimum absolute atomic E-state index is 0.118. The van der Waals surface area contributed by atoms with Crippen LogP contribution in [0.15, 0.2) is 24.3 Å². The van der Waals surface area contributed by atoms with E-state index in [1.165, 1.54) is 5.56 Å². The van der Waals surface area contributed by atoms with Crippen LogP contribution in [0.3, 0.4) is 0 Å². The highest BCUT2D eigenvalue weighted by atomic mass is 32.2. The zero-order valence-corrected chi connectivity index (χ0v) is 14.5. The predicted octanol–water partition coefficient (Wildman–Crippen LogP) is 2.61. The normalized spacial score (nSPS) is 16.4. The molecule has 0 amide bonds.